The molecule has 0 aliphatic heterocycles. The molecule has 22 heavy (non-hydrogen) atoms. The molecule has 0 saturated heterocycles. The van der Waals surface area contributed by atoms with Crippen LogP contribution >= 0.6 is 0 Å². The van der Waals surface area contributed by atoms with Gasteiger partial charge in [0, 0.05) is 17.2 Å². The van der Waals surface area contributed by atoms with E-state index in [1.165, 1.54) is 23.3 Å². The van der Waals surface area contributed by atoms with Crippen molar-refractivity contribution >= 4 is 5.57 Å². The zero-order chi connectivity index (χ0) is 15.5. The van der Waals surface area contributed by atoms with Crippen LogP contribution in [0.2, 0.25) is 0 Å². The first kappa shape index (κ1) is 14.8. The lowest BCUT2D eigenvalue weighted by Crippen LogP contribution is -2.01. The summed E-state index contributed by atoms with van der Waals surface area (Å²) in [5.74, 6) is -0.399. The van der Waals surface area contributed by atoms with Crippen molar-refractivity contribution in [1.82, 2.24) is 0 Å². The normalized spacial score (nSPS) is 14.0. The number of hydrogen-bond donors (Lipinski definition) is 0. The predicted octanol–water partition coefficient (Wildman–Crippen LogP) is 5.42. The standard InChI is InChI=1S/C19H18F2O/c1-13-6-9-19(17(10-13)14-4-2-3-5-14)22-12-15-7-8-16(20)11-18(15)21/h4,6-11H,2-3,5,12H2,1H3. The molecule has 1 nitrogen and oxygen atoms in total. The van der Waals surface area contributed by atoms with Crippen molar-refractivity contribution in [3.63, 3.8) is 0 Å². The quantitative estimate of drug-likeness (QED) is 0.732. The van der Waals surface area contributed by atoms with E-state index in [0.717, 1.165) is 36.6 Å². The van der Waals surface area contributed by atoms with E-state index in [-0.39, 0.29) is 6.61 Å². The first-order valence-electron chi connectivity index (χ1n) is 7.50. The molecular formula is C19H18F2O. The summed E-state index contributed by atoms with van der Waals surface area (Å²) in [4.78, 5) is 0. The molecule has 0 fully saturated rings. The smallest absolute Gasteiger partial charge is 0.132 e. The summed E-state index contributed by atoms with van der Waals surface area (Å²) in [6.07, 6.45) is 5.54. The molecule has 0 atom stereocenters. The van der Waals surface area contributed by atoms with E-state index in [4.69, 9.17) is 4.74 Å². The summed E-state index contributed by atoms with van der Waals surface area (Å²) in [5.41, 5.74) is 3.90. The maximum absolute atomic E-state index is 13.7. The molecule has 2 aromatic rings. The van der Waals surface area contributed by atoms with Crippen LogP contribution in [0.4, 0.5) is 8.78 Å². The Morgan fingerprint density at radius 2 is 1.95 bits per heavy atom. The molecule has 0 heterocycles. The molecule has 0 spiro atoms. The highest BCUT2D eigenvalue weighted by Gasteiger charge is 2.13. The molecule has 1 aliphatic carbocycles. The van der Waals surface area contributed by atoms with Gasteiger partial charge in [-0.15, -0.1) is 0 Å². The number of allylic oxidation sites excluding steroid dienone is 2. The van der Waals surface area contributed by atoms with Crippen molar-refractivity contribution in [3.8, 4) is 5.75 Å². The van der Waals surface area contributed by atoms with Gasteiger partial charge >= 0.3 is 0 Å². The van der Waals surface area contributed by atoms with E-state index in [2.05, 4.69) is 12.1 Å². The molecule has 0 saturated carbocycles. The zero-order valence-electron chi connectivity index (χ0n) is 12.5. The fourth-order valence-corrected chi connectivity index (χ4v) is 2.73. The van der Waals surface area contributed by atoms with E-state index >= 15 is 0 Å². The van der Waals surface area contributed by atoms with Crippen molar-refractivity contribution in [1.29, 1.82) is 0 Å². The molecule has 0 unspecified atom stereocenters. The van der Waals surface area contributed by atoms with Crippen LogP contribution in [-0.4, -0.2) is 0 Å². The van der Waals surface area contributed by atoms with Gasteiger partial charge in [-0.3, -0.25) is 0 Å². The molecule has 2 aromatic carbocycles. The van der Waals surface area contributed by atoms with Gasteiger partial charge in [-0.05, 0) is 56.0 Å². The number of hydrogen-bond acceptors (Lipinski definition) is 1. The minimum atomic E-state index is -0.576. The maximum Gasteiger partial charge on any atom is 0.132 e. The molecule has 3 heteroatoms. The van der Waals surface area contributed by atoms with E-state index in [0.29, 0.717) is 5.56 Å². The summed E-state index contributed by atoms with van der Waals surface area (Å²) in [7, 11) is 0. The van der Waals surface area contributed by atoms with Gasteiger partial charge in [0.2, 0.25) is 0 Å². The maximum atomic E-state index is 13.7. The van der Waals surface area contributed by atoms with Gasteiger partial charge in [0.05, 0.1) is 0 Å². The van der Waals surface area contributed by atoms with Crippen molar-refractivity contribution in [2.75, 3.05) is 0 Å². The van der Waals surface area contributed by atoms with Crippen molar-refractivity contribution in [2.24, 2.45) is 0 Å². The molecule has 0 bridgehead atoms. The van der Waals surface area contributed by atoms with Gasteiger partial charge in [0.1, 0.15) is 24.0 Å². The Kier molecular flexibility index (Phi) is 4.23. The number of aryl methyl sites for hydroxylation is 1. The SMILES string of the molecule is Cc1ccc(OCc2ccc(F)cc2F)c(C2=CCCC2)c1. The Labute approximate surface area is 129 Å². The van der Waals surface area contributed by atoms with Gasteiger partial charge in [0.25, 0.3) is 0 Å². The highest BCUT2D eigenvalue weighted by molar-refractivity contribution is 5.72. The molecule has 0 radical (unpaired) electrons. The van der Waals surface area contributed by atoms with Crippen molar-refractivity contribution in [2.45, 2.75) is 32.8 Å². The highest BCUT2D eigenvalue weighted by Crippen LogP contribution is 2.34. The van der Waals surface area contributed by atoms with Gasteiger partial charge < -0.3 is 4.74 Å². The van der Waals surface area contributed by atoms with Crippen LogP contribution in [0.25, 0.3) is 5.57 Å². The van der Waals surface area contributed by atoms with Gasteiger partial charge in [-0.1, -0.05) is 17.7 Å². The van der Waals surface area contributed by atoms with Crippen molar-refractivity contribution in [3.05, 3.63) is 70.8 Å². The van der Waals surface area contributed by atoms with Crippen molar-refractivity contribution < 1.29 is 13.5 Å². The number of halogens is 2. The largest absolute Gasteiger partial charge is 0.488 e. The summed E-state index contributed by atoms with van der Waals surface area (Å²) in [6.45, 7) is 2.14. The highest BCUT2D eigenvalue weighted by atomic mass is 19.1. The van der Waals surface area contributed by atoms with Crippen LogP contribution in [0.15, 0.2) is 42.5 Å². The van der Waals surface area contributed by atoms with Crippen LogP contribution in [0, 0.1) is 18.6 Å². The molecule has 0 N–H and O–H groups in total. The Bertz CT molecular complexity index is 719. The summed E-state index contributed by atoms with van der Waals surface area (Å²) in [5, 5.41) is 0. The third kappa shape index (κ3) is 3.19. The second-order valence-electron chi connectivity index (χ2n) is 5.65. The number of benzene rings is 2. The fraction of sp³-hybridized carbons (Fsp3) is 0.263. The lowest BCUT2D eigenvalue weighted by molar-refractivity contribution is 0.298. The van der Waals surface area contributed by atoms with E-state index in [1.807, 2.05) is 19.1 Å². The lowest BCUT2D eigenvalue weighted by atomic mass is 10.0. The van der Waals surface area contributed by atoms with E-state index < -0.39 is 11.6 Å². The molecule has 0 amide bonds. The van der Waals surface area contributed by atoms with Gasteiger partial charge in [0.15, 0.2) is 0 Å². The molecular weight excluding hydrogens is 282 g/mol. The Balaban J connectivity index is 1.83. The lowest BCUT2D eigenvalue weighted by Gasteiger charge is -2.14. The Morgan fingerprint density at radius 1 is 1.09 bits per heavy atom. The summed E-state index contributed by atoms with van der Waals surface area (Å²) < 4.78 is 32.4. The topological polar surface area (TPSA) is 9.23 Å². The van der Waals surface area contributed by atoms with Crippen LogP contribution in [0.5, 0.6) is 5.75 Å². The molecule has 1 aliphatic rings. The number of rotatable bonds is 4. The average molecular weight is 300 g/mol. The second-order valence-corrected chi connectivity index (χ2v) is 5.65. The number of ether oxygens (including phenoxy) is 1. The van der Waals surface area contributed by atoms with E-state index in [9.17, 15) is 8.78 Å². The van der Waals surface area contributed by atoms with Gasteiger partial charge in [-0.2, -0.15) is 0 Å². The van der Waals surface area contributed by atoms with Crippen LogP contribution < -0.4 is 4.74 Å². The van der Waals surface area contributed by atoms with Crippen LogP contribution in [0.1, 0.15) is 36.0 Å². The monoisotopic (exact) mass is 300 g/mol. The first-order chi connectivity index (χ1) is 10.6. The molecule has 3 rings (SSSR count). The first-order valence-corrected chi connectivity index (χ1v) is 7.50. The van der Waals surface area contributed by atoms with E-state index in [1.54, 1.807) is 0 Å². The minimum absolute atomic E-state index is 0.0927. The zero-order valence-corrected chi connectivity index (χ0v) is 12.5. The minimum Gasteiger partial charge on any atom is -0.488 e. The predicted molar refractivity (Wildman–Crippen MR) is 83.7 cm³/mol. The molecule has 0 aromatic heterocycles. The summed E-state index contributed by atoms with van der Waals surface area (Å²) in [6, 6.07) is 9.56. The third-order valence-electron chi connectivity index (χ3n) is 3.92. The third-order valence-corrected chi connectivity index (χ3v) is 3.92. The fourth-order valence-electron chi connectivity index (χ4n) is 2.73. The molecule has 114 valence electrons. The Hall–Kier alpha value is -2.16. The average Bonchev–Trinajstić information content (AvgIpc) is 3.01. The Morgan fingerprint density at radius 3 is 2.68 bits per heavy atom. The van der Waals surface area contributed by atoms with Gasteiger partial charge in [-0.25, -0.2) is 8.78 Å². The van der Waals surface area contributed by atoms with Crippen LogP contribution in [0.3, 0.4) is 0 Å². The second kappa shape index (κ2) is 6.30. The van der Waals surface area contributed by atoms with Crippen LogP contribution in [-0.2, 0) is 6.61 Å². The summed E-state index contributed by atoms with van der Waals surface area (Å²) >= 11 is 0.